The fourth-order valence-electron chi connectivity index (χ4n) is 2.75. The third kappa shape index (κ3) is 4.12. The van der Waals surface area contributed by atoms with Gasteiger partial charge < -0.3 is 10.3 Å². The van der Waals surface area contributed by atoms with E-state index in [1.807, 2.05) is 38.1 Å². The van der Waals surface area contributed by atoms with Crippen LogP contribution in [0.25, 0.3) is 10.9 Å². The van der Waals surface area contributed by atoms with Gasteiger partial charge in [-0.25, -0.2) is 0 Å². The number of benzene rings is 1. The molecular formula is C20H21N3O2. The molecule has 5 heteroatoms. The number of hydrogen-bond acceptors (Lipinski definition) is 3. The molecule has 3 aromatic rings. The molecule has 2 N–H and O–H groups in total. The number of pyridine rings is 2. The molecule has 0 bridgehead atoms. The highest BCUT2D eigenvalue weighted by Gasteiger charge is 2.08. The van der Waals surface area contributed by atoms with E-state index in [-0.39, 0.29) is 17.9 Å². The molecule has 5 nitrogen and oxygen atoms in total. The number of aromatic nitrogens is 2. The van der Waals surface area contributed by atoms with E-state index in [0.717, 1.165) is 22.0 Å². The quantitative estimate of drug-likeness (QED) is 0.753. The van der Waals surface area contributed by atoms with Gasteiger partial charge in [0, 0.05) is 36.4 Å². The molecule has 1 amide bonds. The maximum atomic E-state index is 12.2. The Hall–Kier alpha value is -2.95. The fraction of sp³-hybridized carbons (Fsp3) is 0.250. The number of aromatic amines is 1. The third-order valence-corrected chi connectivity index (χ3v) is 4.40. The molecule has 0 aliphatic rings. The Morgan fingerprint density at radius 3 is 2.60 bits per heavy atom. The molecule has 128 valence electrons. The average Bonchev–Trinajstić information content (AvgIpc) is 2.61. The number of aryl methyl sites for hydroxylation is 3. The van der Waals surface area contributed by atoms with Crippen molar-refractivity contribution in [1.82, 2.24) is 15.3 Å². The molecule has 0 aliphatic carbocycles. The minimum atomic E-state index is -0.127. The topological polar surface area (TPSA) is 74.8 Å². The summed E-state index contributed by atoms with van der Waals surface area (Å²) in [7, 11) is 0. The van der Waals surface area contributed by atoms with Crippen LogP contribution in [0, 0.1) is 13.8 Å². The van der Waals surface area contributed by atoms with E-state index in [9.17, 15) is 9.59 Å². The lowest BCUT2D eigenvalue weighted by Crippen LogP contribution is -2.24. The van der Waals surface area contributed by atoms with Crippen molar-refractivity contribution < 1.29 is 4.79 Å². The van der Waals surface area contributed by atoms with Crippen molar-refractivity contribution in [2.45, 2.75) is 33.2 Å². The molecule has 2 heterocycles. The van der Waals surface area contributed by atoms with Gasteiger partial charge in [0.15, 0.2) is 0 Å². The Labute approximate surface area is 146 Å². The van der Waals surface area contributed by atoms with Crippen LogP contribution < -0.4 is 10.9 Å². The summed E-state index contributed by atoms with van der Waals surface area (Å²) in [4.78, 5) is 31.1. The standard InChI is InChI=1S/C20H21N3O2/c1-13-9-17-11-16(20(25)23-18(17)10-14(13)2)3-4-19(24)22-12-15-5-7-21-8-6-15/h5-11H,3-4,12H2,1-2H3,(H,22,24)(H,23,25). The van der Waals surface area contributed by atoms with Crippen LogP contribution in [0.1, 0.15) is 28.7 Å². The second-order valence-corrected chi connectivity index (χ2v) is 6.28. The summed E-state index contributed by atoms with van der Waals surface area (Å²) in [5, 5.41) is 3.86. The number of carbonyl (C=O) groups excluding carboxylic acids is 1. The van der Waals surface area contributed by atoms with Crippen LogP contribution in [0.5, 0.6) is 0 Å². The lowest BCUT2D eigenvalue weighted by molar-refractivity contribution is -0.121. The summed E-state index contributed by atoms with van der Waals surface area (Å²) in [6, 6.07) is 9.65. The van der Waals surface area contributed by atoms with Crippen LogP contribution in [-0.2, 0) is 17.8 Å². The molecule has 0 atom stereocenters. The van der Waals surface area contributed by atoms with Gasteiger partial charge in [0.2, 0.25) is 5.91 Å². The summed E-state index contributed by atoms with van der Waals surface area (Å²) >= 11 is 0. The van der Waals surface area contributed by atoms with Gasteiger partial charge >= 0.3 is 0 Å². The smallest absolute Gasteiger partial charge is 0.251 e. The van der Waals surface area contributed by atoms with Crippen LogP contribution in [0.2, 0.25) is 0 Å². The SMILES string of the molecule is Cc1cc2cc(CCC(=O)NCc3ccncc3)c(=O)[nH]c2cc1C. The van der Waals surface area contributed by atoms with E-state index < -0.39 is 0 Å². The molecule has 0 spiro atoms. The molecule has 1 aromatic carbocycles. The van der Waals surface area contributed by atoms with Gasteiger partial charge in [0.1, 0.15) is 0 Å². The second kappa shape index (κ2) is 7.30. The monoisotopic (exact) mass is 335 g/mol. The Morgan fingerprint density at radius 2 is 1.84 bits per heavy atom. The highest BCUT2D eigenvalue weighted by atomic mass is 16.1. The van der Waals surface area contributed by atoms with Crippen LogP contribution in [0.15, 0.2) is 47.5 Å². The van der Waals surface area contributed by atoms with Crippen LogP contribution >= 0.6 is 0 Å². The van der Waals surface area contributed by atoms with Gasteiger partial charge in [-0.2, -0.15) is 0 Å². The van der Waals surface area contributed by atoms with Crippen molar-refractivity contribution >= 4 is 16.8 Å². The Morgan fingerprint density at radius 1 is 1.12 bits per heavy atom. The number of hydrogen-bond donors (Lipinski definition) is 2. The first-order chi connectivity index (χ1) is 12.0. The minimum absolute atomic E-state index is 0.0728. The molecule has 25 heavy (non-hydrogen) atoms. The van der Waals surface area contributed by atoms with Gasteiger partial charge in [0.05, 0.1) is 0 Å². The number of rotatable bonds is 5. The number of nitrogens with one attached hydrogen (secondary N) is 2. The van der Waals surface area contributed by atoms with Crippen molar-refractivity contribution in [3.63, 3.8) is 0 Å². The first-order valence-electron chi connectivity index (χ1n) is 8.31. The summed E-state index contributed by atoms with van der Waals surface area (Å²) in [5.74, 6) is -0.0728. The molecule has 0 radical (unpaired) electrons. The predicted molar refractivity (Wildman–Crippen MR) is 98.4 cm³/mol. The normalized spacial score (nSPS) is 10.8. The first-order valence-corrected chi connectivity index (χ1v) is 8.31. The summed E-state index contributed by atoms with van der Waals surface area (Å²) in [6.07, 6.45) is 4.09. The van der Waals surface area contributed by atoms with Crippen molar-refractivity contribution in [3.8, 4) is 0 Å². The highest BCUT2D eigenvalue weighted by molar-refractivity contribution is 5.81. The van der Waals surface area contributed by atoms with E-state index in [4.69, 9.17) is 0 Å². The number of nitrogens with zero attached hydrogens (tertiary/aromatic N) is 1. The lowest BCUT2D eigenvalue weighted by Gasteiger charge is -2.07. The van der Waals surface area contributed by atoms with Gasteiger partial charge in [-0.3, -0.25) is 14.6 Å². The Balaban J connectivity index is 1.66. The van der Waals surface area contributed by atoms with Crippen molar-refractivity contribution in [1.29, 1.82) is 0 Å². The highest BCUT2D eigenvalue weighted by Crippen LogP contribution is 2.17. The molecule has 0 aliphatic heterocycles. The average molecular weight is 335 g/mol. The van der Waals surface area contributed by atoms with E-state index >= 15 is 0 Å². The van der Waals surface area contributed by atoms with Crippen LogP contribution in [-0.4, -0.2) is 15.9 Å². The molecule has 0 fully saturated rings. The minimum Gasteiger partial charge on any atom is -0.352 e. The fourth-order valence-corrected chi connectivity index (χ4v) is 2.75. The van der Waals surface area contributed by atoms with Crippen molar-refractivity contribution in [2.75, 3.05) is 0 Å². The summed E-state index contributed by atoms with van der Waals surface area (Å²) in [6.45, 7) is 4.54. The molecule has 3 rings (SSSR count). The van der Waals surface area contributed by atoms with E-state index in [1.165, 1.54) is 5.56 Å². The van der Waals surface area contributed by atoms with E-state index in [1.54, 1.807) is 12.4 Å². The summed E-state index contributed by atoms with van der Waals surface area (Å²) < 4.78 is 0. The largest absolute Gasteiger partial charge is 0.352 e. The first kappa shape index (κ1) is 16.9. The number of H-pyrrole nitrogens is 1. The van der Waals surface area contributed by atoms with Gasteiger partial charge in [-0.05, 0) is 72.7 Å². The van der Waals surface area contributed by atoms with Crippen molar-refractivity contribution in [2.24, 2.45) is 0 Å². The number of carbonyl (C=O) groups is 1. The second-order valence-electron chi connectivity index (χ2n) is 6.28. The molecule has 0 saturated carbocycles. The zero-order chi connectivity index (χ0) is 17.8. The van der Waals surface area contributed by atoms with Crippen LogP contribution in [0.3, 0.4) is 0 Å². The Kier molecular flexibility index (Phi) is 4.93. The predicted octanol–water partition coefficient (Wildman–Crippen LogP) is 2.79. The van der Waals surface area contributed by atoms with Crippen molar-refractivity contribution in [3.05, 3.63) is 75.3 Å². The molecule has 2 aromatic heterocycles. The zero-order valence-electron chi connectivity index (χ0n) is 14.4. The van der Waals surface area contributed by atoms with Crippen LogP contribution in [0.4, 0.5) is 0 Å². The Bertz CT molecular complexity index is 962. The number of amides is 1. The van der Waals surface area contributed by atoms with E-state index in [2.05, 4.69) is 21.4 Å². The van der Waals surface area contributed by atoms with Gasteiger partial charge in [-0.15, -0.1) is 0 Å². The van der Waals surface area contributed by atoms with Gasteiger partial charge in [-0.1, -0.05) is 0 Å². The third-order valence-electron chi connectivity index (χ3n) is 4.40. The zero-order valence-corrected chi connectivity index (χ0v) is 14.4. The molecule has 0 saturated heterocycles. The van der Waals surface area contributed by atoms with Gasteiger partial charge in [0.25, 0.3) is 5.56 Å². The van der Waals surface area contributed by atoms with E-state index in [0.29, 0.717) is 18.5 Å². The number of fused-ring (bicyclic) bond motifs is 1. The maximum Gasteiger partial charge on any atom is 0.251 e. The molecule has 0 unspecified atom stereocenters. The molecular weight excluding hydrogens is 314 g/mol. The summed E-state index contributed by atoms with van der Waals surface area (Å²) in [5.41, 5.74) is 4.66. The lowest BCUT2D eigenvalue weighted by atomic mass is 10.0. The maximum absolute atomic E-state index is 12.2.